The highest BCUT2D eigenvalue weighted by molar-refractivity contribution is 5.69. The Kier molecular flexibility index (Phi) is 3.37. The van der Waals surface area contributed by atoms with Crippen molar-refractivity contribution in [1.82, 2.24) is 4.90 Å². The minimum Gasteiger partial charge on any atom is -0.444 e. The Hall–Kier alpha value is -0.730. The van der Waals surface area contributed by atoms with Crippen LogP contribution in [0.5, 0.6) is 0 Å². The summed E-state index contributed by atoms with van der Waals surface area (Å²) in [6.45, 7) is 8.96. The van der Waals surface area contributed by atoms with Crippen molar-refractivity contribution in [3.63, 3.8) is 0 Å². The van der Waals surface area contributed by atoms with Crippen molar-refractivity contribution >= 4 is 6.09 Å². The molecule has 2 fully saturated rings. The van der Waals surface area contributed by atoms with Crippen molar-refractivity contribution in [2.75, 3.05) is 6.54 Å². The molecule has 3 nitrogen and oxygen atoms in total. The van der Waals surface area contributed by atoms with Gasteiger partial charge in [-0.15, -0.1) is 0 Å². The van der Waals surface area contributed by atoms with Crippen LogP contribution in [0.25, 0.3) is 0 Å². The first-order chi connectivity index (χ1) is 7.88. The standard InChI is InChI=1S/C14H25NO2/c1-10-6-5-7-11-8-9-15(12(10)11)13(16)17-14(2,3)4/h10-12H,5-9H2,1-4H3/t10-,11+,12+/m0/s1. The Morgan fingerprint density at radius 1 is 1.24 bits per heavy atom. The van der Waals surface area contributed by atoms with Crippen LogP contribution in [0.1, 0.15) is 53.4 Å². The number of amides is 1. The summed E-state index contributed by atoms with van der Waals surface area (Å²) in [5.74, 6) is 1.34. The van der Waals surface area contributed by atoms with E-state index in [2.05, 4.69) is 6.92 Å². The van der Waals surface area contributed by atoms with Crippen LogP contribution in [0.4, 0.5) is 4.79 Å². The van der Waals surface area contributed by atoms with Gasteiger partial charge in [0.1, 0.15) is 5.60 Å². The van der Waals surface area contributed by atoms with E-state index >= 15 is 0 Å². The molecule has 3 heteroatoms. The Morgan fingerprint density at radius 3 is 2.59 bits per heavy atom. The minimum atomic E-state index is -0.382. The van der Waals surface area contributed by atoms with Gasteiger partial charge in [-0.3, -0.25) is 0 Å². The SMILES string of the molecule is C[C@H]1CCC[C@@H]2CCN(C(=O)OC(C)(C)C)[C@@H]21. The van der Waals surface area contributed by atoms with E-state index in [1.165, 1.54) is 19.3 Å². The number of rotatable bonds is 0. The molecule has 17 heavy (non-hydrogen) atoms. The fourth-order valence-corrected chi connectivity index (χ4v) is 3.37. The molecule has 0 aromatic heterocycles. The maximum absolute atomic E-state index is 12.2. The fraction of sp³-hybridized carbons (Fsp3) is 0.929. The molecule has 1 aliphatic carbocycles. The molecule has 1 amide bonds. The van der Waals surface area contributed by atoms with Gasteiger partial charge in [-0.2, -0.15) is 0 Å². The van der Waals surface area contributed by atoms with Gasteiger partial charge in [0.15, 0.2) is 0 Å². The quantitative estimate of drug-likeness (QED) is 0.648. The summed E-state index contributed by atoms with van der Waals surface area (Å²) in [6, 6.07) is 0.429. The van der Waals surface area contributed by atoms with Crippen molar-refractivity contribution in [2.24, 2.45) is 11.8 Å². The molecule has 2 aliphatic rings. The van der Waals surface area contributed by atoms with Gasteiger partial charge >= 0.3 is 6.09 Å². The summed E-state index contributed by atoms with van der Waals surface area (Å²) in [5.41, 5.74) is -0.382. The maximum atomic E-state index is 12.2. The first-order valence-corrected chi connectivity index (χ1v) is 6.88. The van der Waals surface area contributed by atoms with Crippen LogP contribution in [0.2, 0.25) is 0 Å². The molecule has 1 saturated heterocycles. The second kappa shape index (κ2) is 4.51. The second-order valence-corrected chi connectivity index (χ2v) is 6.62. The monoisotopic (exact) mass is 239 g/mol. The number of nitrogens with zero attached hydrogens (tertiary/aromatic N) is 1. The molecule has 0 aromatic carbocycles. The predicted octanol–water partition coefficient (Wildman–Crippen LogP) is 3.43. The highest BCUT2D eigenvalue weighted by Crippen LogP contribution is 2.40. The number of ether oxygens (including phenoxy) is 1. The summed E-state index contributed by atoms with van der Waals surface area (Å²) >= 11 is 0. The largest absolute Gasteiger partial charge is 0.444 e. The summed E-state index contributed by atoms with van der Waals surface area (Å²) in [6.07, 6.45) is 4.91. The van der Waals surface area contributed by atoms with Gasteiger partial charge in [-0.05, 0) is 51.9 Å². The second-order valence-electron chi connectivity index (χ2n) is 6.62. The number of carbonyl (C=O) groups excluding carboxylic acids is 1. The number of carbonyl (C=O) groups is 1. The van der Waals surface area contributed by atoms with Crippen LogP contribution in [0.3, 0.4) is 0 Å². The van der Waals surface area contributed by atoms with Crippen molar-refractivity contribution in [1.29, 1.82) is 0 Å². The molecule has 0 spiro atoms. The number of hydrogen-bond donors (Lipinski definition) is 0. The Bertz CT molecular complexity index is 295. The molecule has 2 rings (SSSR count). The zero-order valence-corrected chi connectivity index (χ0v) is 11.5. The lowest BCUT2D eigenvalue weighted by Crippen LogP contribution is -2.45. The van der Waals surface area contributed by atoms with Crippen LogP contribution in [0, 0.1) is 11.8 Å². The molecule has 1 heterocycles. The lowest BCUT2D eigenvalue weighted by molar-refractivity contribution is 0.0120. The van der Waals surface area contributed by atoms with E-state index in [4.69, 9.17) is 4.74 Å². The Labute approximate surface area is 105 Å². The maximum Gasteiger partial charge on any atom is 0.410 e. The first-order valence-electron chi connectivity index (χ1n) is 6.88. The number of fused-ring (bicyclic) bond motifs is 1. The zero-order chi connectivity index (χ0) is 12.6. The highest BCUT2D eigenvalue weighted by Gasteiger charge is 2.43. The van der Waals surface area contributed by atoms with E-state index in [1.54, 1.807) is 0 Å². The van der Waals surface area contributed by atoms with E-state index in [1.807, 2.05) is 25.7 Å². The third-order valence-corrected chi connectivity index (χ3v) is 4.03. The molecule has 98 valence electrons. The van der Waals surface area contributed by atoms with Crippen LogP contribution in [-0.4, -0.2) is 29.2 Å². The van der Waals surface area contributed by atoms with Crippen molar-refractivity contribution in [3.8, 4) is 0 Å². The minimum absolute atomic E-state index is 0.112. The smallest absolute Gasteiger partial charge is 0.410 e. The normalized spacial score (nSPS) is 33.4. The molecule has 0 unspecified atom stereocenters. The molecule has 1 aliphatic heterocycles. The lowest BCUT2D eigenvalue weighted by atomic mass is 9.78. The third kappa shape index (κ3) is 2.75. The van der Waals surface area contributed by atoms with Gasteiger partial charge in [0.2, 0.25) is 0 Å². The average Bonchev–Trinajstić information content (AvgIpc) is 2.60. The van der Waals surface area contributed by atoms with Crippen LogP contribution >= 0.6 is 0 Å². The fourth-order valence-electron chi connectivity index (χ4n) is 3.37. The van der Waals surface area contributed by atoms with Gasteiger partial charge < -0.3 is 9.64 Å². The van der Waals surface area contributed by atoms with E-state index < -0.39 is 0 Å². The average molecular weight is 239 g/mol. The molecular weight excluding hydrogens is 214 g/mol. The van der Waals surface area contributed by atoms with Gasteiger partial charge in [-0.25, -0.2) is 4.79 Å². The van der Waals surface area contributed by atoms with Crippen molar-refractivity contribution < 1.29 is 9.53 Å². The topological polar surface area (TPSA) is 29.5 Å². The molecule has 3 atom stereocenters. The molecule has 0 N–H and O–H groups in total. The van der Waals surface area contributed by atoms with Gasteiger partial charge in [0.05, 0.1) is 0 Å². The van der Waals surface area contributed by atoms with Crippen LogP contribution in [0.15, 0.2) is 0 Å². The van der Waals surface area contributed by atoms with E-state index in [0.29, 0.717) is 17.9 Å². The van der Waals surface area contributed by atoms with E-state index in [0.717, 1.165) is 13.0 Å². The molecular formula is C14H25NO2. The number of likely N-dealkylation sites (tertiary alicyclic amines) is 1. The lowest BCUT2D eigenvalue weighted by Gasteiger charge is -2.37. The third-order valence-electron chi connectivity index (χ3n) is 4.03. The van der Waals surface area contributed by atoms with Crippen molar-refractivity contribution in [3.05, 3.63) is 0 Å². The highest BCUT2D eigenvalue weighted by atomic mass is 16.6. The van der Waals surface area contributed by atoms with Crippen LogP contribution < -0.4 is 0 Å². The summed E-state index contributed by atoms with van der Waals surface area (Å²) < 4.78 is 5.51. The van der Waals surface area contributed by atoms with Crippen LogP contribution in [-0.2, 0) is 4.74 Å². The first kappa shape index (κ1) is 12.7. The van der Waals surface area contributed by atoms with Gasteiger partial charge in [0, 0.05) is 12.6 Å². The molecule has 0 bridgehead atoms. The Morgan fingerprint density at radius 2 is 1.94 bits per heavy atom. The summed E-state index contributed by atoms with van der Waals surface area (Å²) in [7, 11) is 0. The summed E-state index contributed by atoms with van der Waals surface area (Å²) in [4.78, 5) is 14.2. The number of hydrogen-bond acceptors (Lipinski definition) is 2. The van der Waals surface area contributed by atoms with Gasteiger partial charge in [0.25, 0.3) is 0 Å². The molecule has 0 radical (unpaired) electrons. The van der Waals surface area contributed by atoms with Crippen molar-refractivity contribution in [2.45, 2.75) is 65.0 Å². The Balaban J connectivity index is 2.04. The molecule has 1 saturated carbocycles. The zero-order valence-electron chi connectivity index (χ0n) is 11.5. The van der Waals surface area contributed by atoms with Gasteiger partial charge in [-0.1, -0.05) is 13.3 Å². The van der Waals surface area contributed by atoms with E-state index in [9.17, 15) is 4.79 Å². The molecule has 0 aromatic rings. The van der Waals surface area contributed by atoms with E-state index in [-0.39, 0.29) is 11.7 Å². The summed E-state index contributed by atoms with van der Waals surface area (Å²) in [5, 5.41) is 0. The predicted molar refractivity (Wildman–Crippen MR) is 67.9 cm³/mol.